The first kappa shape index (κ1) is 16.5. The summed E-state index contributed by atoms with van der Waals surface area (Å²) in [7, 11) is 1.77. The van der Waals surface area contributed by atoms with Crippen LogP contribution in [0.1, 0.15) is 28.9 Å². The van der Waals surface area contributed by atoms with Crippen LogP contribution in [0.2, 0.25) is 0 Å². The van der Waals surface area contributed by atoms with Crippen LogP contribution < -0.4 is 0 Å². The summed E-state index contributed by atoms with van der Waals surface area (Å²) in [6.45, 7) is 1.59. The molecule has 1 aliphatic heterocycles. The van der Waals surface area contributed by atoms with Crippen molar-refractivity contribution in [1.82, 2.24) is 9.47 Å². The molecule has 5 nitrogen and oxygen atoms in total. The Bertz CT molecular complexity index is 702. The highest BCUT2D eigenvalue weighted by atomic mass is 16.5. The average molecular weight is 326 g/mol. The minimum Gasteiger partial charge on any atom is -0.376 e. The van der Waals surface area contributed by atoms with Gasteiger partial charge in [0.15, 0.2) is 0 Å². The fourth-order valence-electron chi connectivity index (χ4n) is 3.01. The zero-order chi connectivity index (χ0) is 16.9. The summed E-state index contributed by atoms with van der Waals surface area (Å²) in [6, 6.07) is 13.2. The van der Waals surface area contributed by atoms with E-state index in [1.165, 1.54) is 0 Å². The van der Waals surface area contributed by atoms with E-state index >= 15 is 0 Å². The van der Waals surface area contributed by atoms with Crippen LogP contribution >= 0.6 is 0 Å². The normalized spacial score (nSPS) is 17.0. The van der Waals surface area contributed by atoms with Crippen LogP contribution in [0.5, 0.6) is 0 Å². The molecule has 0 spiro atoms. The van der Waals surface area contributed by atoms with Gasteiger partial charge in [0.25, 0.3) is 11.7 Å². The van der Waals surface area contributed by atoms with Gasteiger partial charge in [-0.15, -0.1) is 0 Å². The van der Waals surface area contributed by atoms with Gasteiger partial charge in [-0.2, -0.15) is 0 Å². The van der Waals surface area contributed by atoms with Gasteiger partial charge in [0, 0.05) is 32.9 Å². The predicted molar refractivity (Wildman–Crippen MR) is 90.6 cm³/mol. The third-order valence-electron chi connectivity index (χ3n) is 4.32. The van der Waals surface area contributed by atoms with Gasteiger partial charge in [0.1, 0.15) is 0 Å². The van der Waals surface area contributed by atoms with E-state index in [-0.39, 0.29) is 6.10 Å². The fraction of sp³-hybridized carbons (Fsp3) is 0.368. The van der Waals surface area contributed by atoms with Gasteiger partial charge in [-0.05, 0) is 30.5 Å². The first-order chi connectivity index (χ1) is 11.6. The molecular weight excluding hydrogens is 304 g/mol. The van der Waals surface area contributed by atoms with E-state index in [0.717, 1.165) is 25.0 Å². The summed E-state index contributed by atoms with van der Waals surface area (Å²) in [5.41, 5.74) is 1.41. The van der Waals surface area contributed by atoms with Crippen molar-refractivity contribution in [2.45, 2.75) is 25.5 Å². The van der Waals surface area contributed by atoms with Crippen LogP contribution in [0.15, 0.2) is 48.7 Å². The number of amides is 1. The summed E-state index contributed by atoms with van der Waals surface area (Å²) in [4.78, 5) is 27.0. The molecule has 1 unspecified atom stereocenters. The minimum atomic E-state index is -0.476. The molecule has 1 aromatic heterocycles. The monoisotopic (exact) mass is 326 g/mol. The number of carbonyl (C=O) groups excluding carboxylic acids is 2. The maximum Gasteiger partial charge on any atom is 0.296 e. The Balaban J connectivity index is 1.78. The van der Waals surface area contributed by atoms with Crippen LogP contribution in [0.3, 0.4) is 0 Å². The van der Waals surface area contributed by atoms with Gasteiger partial charge in [-0.1, -0.05) is 30.3 Å². The molecule has 1 fully saturated rings. The van der Waals surface area contributed by atoms with Crippen molar-refractivity contribution >= 4 is 11.7 Å². The van der Waals surface area contributed by atoms with E-state index in [9.17, 15) is 9.59 Å². The Kier molecular flexibility index (Phi) is 5.11. The van der Waals surface area contributed by atoms with Crippen molar-refractivity contribution in [3.8, 4) is 0 Å². The first-order valence-corrected chi connectivity index (χ1v) is 8.25. The van der Waals surface area contributed by atoms with Crippen LogP contribution in [0.4, 0.5) is 0 Å². The number of benzene rings is 1. The second-order valence-corrected chi connectivity index (χ2v) is 6.14. The number of ketones is 1. The van der Waals surface area contributed by atoms with E-state index in [1.807, 2.05) is 30.3 Å². The average Bonchev–Trinajstić information content (AvgIpc) is 3.25. The molecule has 0 aliphatic carbocycles. The first-order valence-electron chi connectivity index (χ1n) is 8.25. The van der Waals surface area contributed by atoms with E-state index in [1.54, 1.807) is 34.8 Å². The van der Waals surface area contributed by atoms with Crippen molar-refractivity contribution in [2.75, 3.05) is 13.2 Å². The van der Waals surface area contributed by atoms with Crippen molar-refractivity contribution in [1.29, 1.82) is 0 Å². The molecule has 5 heteroatoms. The van der Waals surface area contributed by atoms with Crippen molar-refractivity contribution in [3.05, 3.63) is 59.9 Å². The third-order valence-corrected chi connectivity index (χ3v) is 4.32. The SMILES string of the molecule is Cn1cccc1C(=O)C(=O)N(Cc1ccccc1)CC1CCCO1. The number of hydrogen-bond donors (Lipinski definition) is 0. The van der Waals surface area contributed by atoms with Crippen molar-refractivity contribution < 1.29 is 14.3 Å². The lowest BCUT2D eigenvalue weighted by Crippen LogP contribution is -2.41. The highest BCUT2D eigenvalue weighted by Gasteiger charge is 2.28. The van der Waals surface area contributed by atoms with Gasteiger partial charge < -0.3 is 14.2 Å². The Labute approximate surface area is 141 Å². The van der Waals surface area contributed by atoms with Crippen molar-refractivity contribution in [3.63, 3.8) is 0 Å². The summed E-state index contributed by atoms with van der Waals surface area (Å²) in [5.74, 6) is -0.951. The molecule has 3 rings (SSSR count). The summed E-state index contributed by atoms with van der Waals surface area (Å²) < 4.78 is 7.33. The number of aromatic nitrogens is 1. The molecule has 0 N–H and O–H groups in total. The predicted octanol–water partition coefficient (Wildman–Crippen LogP) is 2.42. The quantitative estimate of drug-likeness (QED) is 0.605. The van der Waals surface area contributed by atoms with E-state index in [4.69, 9.17) is 4.74 Å². The Morgan fingerprint density at radius 3 is 2.62 bits per heavy atom. The van der Waals surface area contributed by atoms with Crippen LogP contribution in [0.25, 0.3) is 0 Å². The topological polar surface area (TPSA) is 51.5 Å². The second-order valence-electron chi connectivity index (χ2n) is 6.14. The number of nitrogens with zero attached hydrogens (tertiary/aromatic N) is 2. The Hall–Kier alpha value is -2.40. The zero-order valence-electron chi connectivity index (χ0n) is 13.9. The molecule has 2 heterocycles. The van der Waals surface area contributed by atoms with E-state index in [2.05, 4.69) is 0 Å². The van der Waals surface area contributed by atoms with Crippen LogP contribution in [-0.4, -0.2) is 40.4 Å². The Morgan fingerprint density at radius 1 is 1.21 bits per heavy atom. The van der Waals surface area contributed by atoms with Crippen LogP contribution in [0, 0.1) is 0 Å². The standard InChI is InChI=1S/C19H22N2O3/c1-20-11-5-10-17(20)18(22)19(23)21(14-16-9-6-12-24-16)13-15-7-3-2-4-8-15/h2-5,7-8,10-11,16H,6,9,12-14H2,1H3. The summed E-state index contributed by atoms with van der Waals surface area (Å²) in [5, 5.41) is 0. The van der Waals surface area contributed by atoms with E-state index in [0.29, 0.717) is 18.8 Å². The van der Waals surface area contributed by atoms with Crippen molar-refractivity contribution in [2.24, 2.45) is 7.05 Å². The smallest absolute Gasteiger partial charge is 0.296 e. The van der Waals surface area contributed by atoms with Gasteiger partial charge in [0.05, 0.1) is 11.8 Å². The lowest BCUT2D eigenvalue weighted by molar-refractivity contribution is -0.128. The van der Waals surface area contributed by atoms with Gasteiger partial charge in [-0.25, -0.2) is 0 Å². The minimum absolute atomic E-state index is 0.0128. The molecule has 24 heavy (non-hydrogen) atoms. The largest absolute Gasteiger partial charge is 0.376 e. The third kappa shape index (κ3) is 3.74. The molecule has 1 saturated heterocycles. The number of aryl methyl sites for hydroxylation is 1. The molecule has 0 bridgehead atoms. The number of rotatable bonds is 6. The van der Waals surface area contributed by atoms with Gasteiger partial charge >= 0.3 is 0 Å². The molecule has 1 aliphatic rings. The number of hydrogen-bond acceptors (Lipinski definition) is 3. The molecule has 1 aromatic carbocycles. The molecule has 0 saturated carbocycles. The maximum atomic E-state index is 12.8. The molecule has 1 amide bonds. The fourth-order valence-corrected chi connectivity index (χ4v) is 3.01. The maximum absolute atomic E-state index is 12.8. The summed E-state index contributed by atoms with van der Waals surface area (Å²) in [6.07, 6.45) is 3.71. The number of carbonyl (C=O) groups is 2. The lowest BCUT2D eigenvalue weighted by Gasteiger charge is -2.25. The lowest BCUT2D eigenvalue weighted by atomic mass is 10.1. The zero-order valence-corrected chi connectivity index (χ0v) is 13.9. The number of Topliss-reactive ketones (excluding diaryl/α,β-unsaturated/α-hetero) is 1. The highest BCUT2D eigenvalue weighted by molar-refractivity contribution is 6.42. The Morgan fingerprint density at radius 2 is 2.00 bits per heavy atom. The highest BCUT2D eigenvalue weighted by Crippen LogP contribution is 2.16. The van der Waals surface area contributed by atoms with Gasteiger partial charge in [-0.3, -0.25) is 9.59 Å². The second kappa shape index (κ2) is 7.45. The molecule has 2 aromatic rings. The molecule has 126 valence electrons. The number of ether oxygens (including phenoxy) is 1. The molecular formula is C19H22N2O3. The molecule has 1 atom stereocenters. The van der Waals surface area contributed by atoms with Gasteiger partial charge in [0.2, 0.25) is 0 Å². The van der Waals surface area contributed by atoms with Crippen LogP contribution in [-0.2, 0) is 23.1 Å². The molecule has 0 radical (unpaired) electrons. The summed E-state index contributed by atoms with van der Waals surface area (Å²) >= 11 is 0. The van der Waals surface area contributed by atoms with E-state index < -0.39 is 11.7 Å².